The van der Waals surface area contributed by atoms with E-state index in [1.54, 1.807) is 6.34 Å². The zero-order valence-corrected chi connectivity index (χ0v) is 10.2. The number of aryl methyl sites for hydroxylation is 1. The number of rotatable bonds is 0. The van der Waals surface area contributed by atoms with Crippen LogP contribution < -0.4 is 10.2 Å². The summed E-state index contributed by atoms with van der Waals surface area (Å²) in [6.07, 6.45) is 1.55. The number of nitrogens with one attached hydrogen (secondary N) is 1. The van der Waals surface area contributed by atoms with E-state index in [0.717, 1.165) is 17.0 Å². The van der Waals surface area contributed by atoms with Gasteiger partial charge in [-0.2, -0.15) is 5.10 Å². The number of hydrazone groups is 1. The standard InChI is InChI=1S/C13H15N3O/c1-8-4-5-10-9(6-8)11-12(13(2,3)17-10)16-15-7-14-11/h4-7,12,16H,1-3H3. The first-order chi connectivity index (χ1) is 8.08. The van der Waals surface area contributed by atoms with Gasteiger partial charge in [-0.15, -0.1) is 0 Å². The van der Waals surface area contributed by atoms with Crippen LogP contribution in [0.1, 0.15) is 25.0 Å². The van der Waals surface area contributed by atoms with Crippen molar-refractivity contribution in [3.63, 3.8) is 0 Å². The van der Waals surface area contributed by atoms with Crippen molar-refractivity contribution >= 4 is 12.1 Å². The average Bonchev–Trinajstić information content (AvgIpc) is 2.30. The Hall–Kier alpha value is -1.84. The molecular weight excluding hydrogens is 214 g/mol. The maximum Gasteiger partial charge on any atom is 0.135 e. The van der Waals surface area contributed by atoms with Gasteiger partial charge in [0.2, 0.25) is 0 Å². The number of nitrogens with zero attached hydrogens (tertiary/aromatic N) is 2. The molecule has 0 aromatic heterocycles. The summed E-state index contributed by atoms with van der Waals surface area (Å²) < 4.78 is 6.03. The molecule has 0 radical (unpaired) electrons. The van der Waals surface area contributed by atoms with Gasteiger partial charge >= 0.3 is 0 Å². The number of benzene rings is 1. The monoisotopic (exact) mass is 229 g/mol. The number of hydrogen-bond donors (Lipinski definition) is 1. The van der Waals surface area contributed by atoms with E-state index in [2.05, 4.69) is 34.6 Å². The lowest BCUT2D eigenvalue weighted by atomic mass is 9.86. The van der Waals surface area contributed by atoms with E-state index in [1.807, 2.05) is 19.9 Å². The molecule has 1 N–H and O–H groups in total. The van der Waals surface area contributed by atoms with Crippen molar-refractivity contribution in [2.24, 2.45) is 10.1 Å². The molecule has 1 aromatic rings. The quantitative estimate of drug-likeness (QED) is 0.738. The van der Waals surface area contributed by atoms with Gasteiger partial charge in [0, 0.05) is 5.56 Å². The van der Waals surface area contributed by atoms with Crippen molar-refractivity contribution in [1.29, 1.82) is 0 Å². The van der Waals surface area contributed by atoms with Crippen molar-refractivity contribution in [3.05, 3.63) is 29.3 Å². The van der Waals surface area contributed by atoms with E-state index >= 15 is 0 Å². The van der Waals surface area contributed by atoms with Crippen LogP contribution >= 0.6 is 0 Å². The molecule has 88 valence electrons. The molecule has 3 rings (SSSR count). The minimum atomic E-state index is -0.348. The van der Waals surface area contributed by atoms with Gasteiger partial charge in [0.25, 0.3) is 0 Å². The van der Waals surface area contributed by atoms with Crippen LogP contribution in [-0.4, -0.2) is 23.7 Å². The Morgan fingerprint density at radius 3 is 3.00 bits per heavy atom. The first kappa shape index (κ1) is 10.3. The van der Waals surface area contributed by atoms with E-state index in [1.165, 1.54) is 5.56 Å². The lowest BCUT2D eigenvalue weighted by Crippen LogP contribution is -2.57. The van der Waals surface area contributed by atoms with Crippen molar-refractivity contribution in [2.75, 3.05) is 0 Å². The Morgan fingerprint density at radius 1 is 1.35 bits per heavy atom. The summed E-state index contributed by atoms with van der Waals surface area (Å²) >= 11 is 0. The van der Waals surface area contributed by atoms with E-state index in [9.17, 15) is 0 Å². The molecule has 1 atom stereocenters. The smallest absolute Gasteiger partial charge is 0.135 e. The summed E-state index contributed by atoms with van der Waals surface area (Å²) in [5.41, 5.74) is 6.01. The fourth-order valence-electron chi connectivity index (χ4n) is 2.32. The third kappa shape index (κ3) is 1.52. The van der Waals surface area contributed by atoms with Gasteiger partial charge in [-0.1, -0.05) is 11.6 Å². The zero-order chi connectivity index (χ0) is 12.0. The van der Waals surface area contributed by atoms with Gasteiger partial charge in [0.1, 0.15) is 23.7 Å². The fraction of sp³-hybridized carbons (Fsp3) is 0.385. The maximum absolute atomic E-state index is 6.03. The normalized spacial score (nSPS) is 23.9. The number of fused-ring (bicyclic) bond motifs is 3. The van der Waals surface area contributed by atoms with E-state index in [4.69, 9.17) is 4.74 Å². The first-order valence-corrected chi connectivity index (χ1v) is 5.73. The molecule has 2 aliphatic heterocycles. The maximum atomic E-state index is 6.03. The highest BCUT2D eigenvalue weighted by Crippen LogP contribution is 2.34. The summed E-state index contributed by atoms with van der Waals surface area (Å²) in [7, 11) is 0. The molecule has 0 saturated carbocycles. The van der Waals surface area contributed by atoms with Gasteiger partial charge in [-0.05, 0) is 32.9 Å². The molecule has 0 amide bonds. The number of hydrogen-bond acceptors (Lipinski definition) is 4. The highest BCUT2D eigenvalue weighted by Gasteiger charge is 2.42. The second-order valence-electron chi connectivity index (χ2n) is 5.03. The molecule has 2 aliphatic rings. The van der Waals surface area contributed by atoms with Crippen LogP contribution in [0.3, 0.4) is 0 Å². The molecule has 0 bridgehead atoms. The molecule has 4 nitrogen and oxygen atoms in total. The van der Waals surface area contributed by atoms with Crippen molar-refractivity contribution < 1.29 is 4.74 Å². The summed E-state index contributed by atoms with van der Waals surface area (Å²) in [6, 6.07) is 6.18. The molecule has 4 heteroatoms. The Balaban J connectivity index is 2.21. The van der Waals surface area contributed by atoms with Crippen LogP contribution in [0.25, 0.3) is 0 Å². The van der Waals surface area contributed by atoms with Crippen molar-refractivity contribution in [2.45, 2.75) is 32.4 Å². The van der Waals surface area contributed by atoms with E-state index in [-0.39, 0.29) is 11.6 Å². The zero-order valence-electron chi connectivity index (χ0n) is 10.2. The summed E-state index contributed by atoms with van der Waals surface area (Å²) in [4.78, 5) is 4.41. The van der Waals surface area contributed by atoms with Gasteiger partial charge in [0.05, 0.1) is 5.71 Å². The van der Waals surface area contributed by atoms with Crippen molar-refractivity contribution in [3.8, 4) is 5.75 Å². The first-order valence-electron chi connectivity index (χ1n) is 5.73. The van der Waals surface area contributed by atoms with Gasteiger partial charge in [-0.3, -0.25) is 5.43 Å². The van der Waals surface area contributed by atoms with E-state index < -0.39 is 0 Å². The van der Waals surface area contributed by atoms with Crippen LogP contribution in [-0.2, 0) is 0 Å². The predicted molar refractivity (Wildman–Crippen MR) is 67.8 cm³/mol. The largest absolute Gasteiger partial charge is 0.485 e. The highest BCUT2D eigenvalue weighted by atomic mass is 16.5. The summed E-state index contributed by atoms with van der Waals surface area (Å²) in [5.74, 6) is 0.896. The SMILES string of the molecule is Cc1ccc2c(c1)C1=NC=NNC1C(C)(C)O2. The molecule has 0 fully saturated rings. The summed E-state index contributed by atoms with van der Waals surface area (Å²) in [6.45, 7) is 6.16. The van der Waals surface area contributed by atoms with Crippen LogP contribution in [0, 0.1) is 6.92 Å². The van der Waals surface area contributed by atoms with Crippen molar-refractivity contribution in [1.82, 2.24) is 5.43 Å². The molecule has 0 spiro atoms. The minimum absolute atomic E-state index is 0.00167. The van der Waals surface area contributed by atoms with Crippen LogP contribution in [0.2, 0.25) is 0 Å². The predicted octanol–water partition coefficient (Wildman–Crippen LogP) is 1.87. The highest BCUT2D eigenvalue weighted by molar-refractivity contribution is 6.11. The lowest BCUT2D eigenvalue weighted by Gasteiger charge is -2.41. The molecule has 17 heavy (non-hydrogen) atoms. The molecule has 0 saturated heterocycles. The third-order valence-electron chi connectivity index (χ3n) is 3.21. The second-order valence-corrected chi connectivity index (χ2v) is 5.03. The fourth-order valence-corrected chi connectivity index (χ4v) is 2.32. The molecule has 1 unspecified atom stereocenters. The summed E-state index contributed by atoms with van der Waals surface area (Å²) in [5, 5.41) is 4.01. The van der Waals surface area contributed by atoms with E-state index in [0.29, 0.717) is 0 Å². The lowest BCUT2D eigenvalue weighted by molar-refractivity contribution is 0.0814. The average molecular weight is 229 g/mol. The third-order valence-corrected chi connectivity index (χ3v) is 3.21. The molecule has 2 heterocycles. The molecule has 1 aromatic carbocycles. The van der Waals surface area contributed by atoms with Gasteiger partial charge in [-0.25, -0.2) is 4.99 Å². The Morgan fingerprint density at radius 2 is 2.18 bits per heavy atom. The van der Waals surface area contributed by atoms with Gasteiger partial charge < -0.3 is 4.74 Å². The Kier molecular flexibility index (Phi) is 2.02. The number of ether oxygens (including phenoxy) is 1. The number of aliphatic imine (C=N–C) groups is 1. The second kappa shape index (κ2) is 3.32. The van der Waals surface area contributed by atoms with Crippen LogP contribution in [0.15, 0.2) is 28.3 Å². The van der Waals surface area contributed by atoms with Crippen LogP contribution in [0.5, 0.6) is 5.75 Å². The Labute approximate surface area is 100 Å². The molecular formula is C13H15N3O. The van der Waals surface area contributed by atoms with Gasteiger partial charge in [0.15, 0.2) is 0 Å². The Bertz CT molecular complexity index is 531. The van der Waals surface area contributed by atoms with Crippen LogP contribution in [0.4, 0.5) is 0 Å². The minimum Gasteiger partial charge on any atom is -0.485 e. The topological polar surface area (TPSA) is 46.0 Å². The molecule has 0 aliphatic carbocycles.